The SMILES string of the molecule is C[C@@H]1CCC[C@H](C)N1C(=O)c1cc2c(cc1N)OCO2. The Balaban J connectivity index is 1.94. The van der Waals surface area contributed by atoms with Gasteiger partial charge < -0.3 is 20.1 Å². The predicted octanol–water partition coefficient (Wildman–Crippen LogP) is 2.40. The molecule has 5 heteroatoms. The molecule has 0 spiro atoms. The van der Waals surface area contributed by atoms with E-state index in [4.69, 9.17) is 15.2 Å². The second-order valence-corrected chi connectivity index (χ2v) is 5.63. The third-order valence-corrected chi connectivity index (χ3v) is 4.20. The summed E-state index contributed by atoms with van der Waals surface area (Å²) in [6, 6.07) is 3.87. The molecule has 0 unspecified atom stereocenters. The Morgan fingerprint density at radius 2 is 1.80 bits per heavy atom. The van der Waals surface area contributed by atoms with Crippen molar-refractivity contribution in [2.75, 3.05) is 12.5 Å². The molecule has 5 nitrogen and oxygen atoms in total. The highest BCUT2D eigenvalue weighted by Crippen LogP contribution is 2.37. The first-order valence-corrected chi connectivity index (χ1v) is 7.09. The summed E-state index contributed by atoms with van der Waals surface area (Å²) in [5, 5.41) is 0. The zero-order valence-electron chi connectivity index (χ0n) is 11.9. The number of benzene rings is 1. The molecule has 2 N–H and O–H groups in total. The van der Waals surface area contributed by atoms with E-state index >= 15 is 0 Å². The van der Waals surface area contributed by atoms with Crippen molar-refractivity contribution in [2.24, 2.45) is 0 Å². The lowest BCUT2D eigenvalue weighted by atomic mass is 9.96. The van der Waals surface area contributed by atoms with Crippen LogP contribution in [0.1, 0.15) is 43.5 Å². The maximum Gasteiger partial charge on any atom is 0.256 e. The minimum Gasteiger partial charge on any atom is -0.454 e. The van der Waals surface area contributed by atoms with Crippen molar-refractivity contribution in [3.8, 4) is 11.5 Å². The molecule has 1 saturated heterocycles. The molecule has 3 rings (SSSR count). The van der Waals surface area contributed by atoms with Crippen molar-refractivity contribution >= 4 is 11.6 Å². The molecule has 2 aliphatic rings. The molecule has 1 amide bonds. The molecule has 1 aromatic rings. The van der Waals surface area contributed by atoms with Crippen LogP contribution in [0.3, 0.4) is 0 Å². The number of nitrogens with two attached hydrogens (primary N) is 1. The first-order valence-electron chi connectivity index (χ1n) is 7.09. The predicted molar refractivity (Wildman–Crippen MR) is 75.9 cm³/mol. The number of carbonyl (C=O) groups excluding carboxylic acids is 1. The lowest BCUT2D eigenvalue weighted by Gasteiger charge is -2.39. The maximum absolute atomic E-state index is 12.8. The van der Waals surface area contributed by atoms with Gasteiger partial charge in [-0.3, -0.25) is 4.79 Å². The summed E-state index contributed by atoms with van der Waals surface area (Å²) < 4.78 is 10.6. The van der Waals surface area contributed by atoms with Gasteiger partial charge in [-0.05, 0) is 39.2 Å². The van der Waals surface area contributed by atoms with E-state index in [0.29, 0.717) is 22.7 Å². The Hall–Kier alpha value is -1.91. The number of carbonyl (C=O) groups is 1. The molecule has 1 aromatic carbocycles. The first kappa shape index (κ1) is 13.1. The van der Waals surface area contributed by atoms with Crippen molar-refractivity contribution in [3.63, 3.8) is 0 Å². The minimum absolute atomic E-state index is 0.0134. The van der Waals surface area contributed by atoms with E-state index in [1.165, 1.54) is 6.42 Å². The van der Waals surface area contributed by atoms with Gasteiger partial charge in [0.25, 0.3) is 5.91 Å². The molecule has 2 heterocycles. The van der Waals surface area contributed by atoms with Crippen molar-refractivity contribution in [3.05, 3.63) is 17.7 Å². The Morgan fingerprint density at radius 1 is 1.20 bits per heavy atom. The molecule has 108 valence electrons. The number of amides is 1. The largest absolute Gasteiger partial charge is 0.454 e. The van der Waals surface area contributed by atoms with Gasteiger partial charge in [0, 0.05) is 23.8 Å². The molecule has 0 saturated carbocycles. The van der Waals surface area contributed by atoms with Crippen molar-refractivity contribution in [2.45, 2.75) is 45.2 Å². The lowest BCUT2D eigenvalue weighted by Crippen LogP contribution is -2.47. The van der Waals surface area contributed by atoms with Crippen molar-refractivity contribution in [1.29, 1.82) is 0 Å². The molecule has 0 bridgehead atoms. The molecule has 0 aliphatic carbocycles. The number of nitrogens with zero attached hydrogens (tertiary/aromatic N) is 1. The molecule has 20 heavy (non-hydrogen) atoms. The van der Waals surface area contributed by atoms with Crippen LogP contribution in [-0.4, -0.2) is 29.7 Å². The van der Waals surface area contributed by atoms with Crippen LogP contribution in [0.4, 0.5) is 5.69 Å². The molecular formula is C15H20N2O3. The normalized spacial score (nSPS) is 24.8. The number of rotatable bonds is 1. The summed E-state index contributed by atoms with van der Waals surface area (Å²) in [6.07, 6.45) is 3.25. The van der Waals surface area contributed by atoms with E-state index in [-0.39, 0.29) is 24.8 Å². The fourth-order valence-electron chi connectivity index (χ4n) is 3.10. The maximum atomic E-state index is 12.8. The molecule has 2 aliphatic heterocycles. The molecule has 1 fully saturated rings. The number of ether oxygens (including phenoxy) is 2. The van der Waals surface area contributed by atoms with E-state index in [1.54, 1.807) is 12.1 Å². The van der Waals surface area contributed by atoms with Gasteiger partial charge in [-0.2, -0.15) is 0 Å². The Bertz CT molecular complexity index is 534. The number of hydrogen-bond donors (Lipinski definition) is 1. The summed E-state index contributed by atoms with van der Waals surface area (Å²) in [4.78, 5) is 14.7. The van der Waals surface area contributed by atoms with Gasteiger partial charge in [-0.25, -0.2) is 0 Å². The van der Waals surface area contributed by atoms with Crippen LogP contribution in [0.25, 0.3) is 0 Å². The quantitative estimate of drug-likeness (QED) is 0.800. The van der Waals surface area contributed by atoms with Crippen LogP contribution in [-0.2, 0) is 0 Å². The van der Waals surface area contributed by atoms with Gasteiger partial charge in [-0.15, -0.1) is 0 Å². The molecule has 0 radical (unpaired) electrons. The first-order chi connectivity index (χ1) is 9.58. The number of likely N-dealkylation sites (tertiary alicyclic amines) is 1. The van der Waals surface area contributed by atoms with Crippen LogP contribution in [0, 0.1) is 0 Å². The van der Waals surface area contributed by atoms with E-state index < -0.39 is 0 Å². The standard InChI is InChI=1S/C15H20N2O3/c1-9-4-3-5-10(2)17(9)15(18)11-6-13-14(7-12(11)16)20-8-19-13/h6-7,9-10H,3-5,8,16H2,1-2H3/t9-,10+. The van der Waals surface area contributed by atoms with Crippen LogP contribution < -0.4 is 15.2 Å². The minimum atomic E-state index is -0.0134. The van der Waals surface area contributed by atoms with Gasteiger partial charge >= 0.3 is 0 Å². The monoisotopic (exact) mass is 276 g/mol. The van der Waals surface area contributed by atoms with Crippen molar-refractivity contribution in [1.82, 2.24) is 4.90 Å². The molecular weight excluding hydrogens is 256 g/mol. The highest BCUT2D eigenvalue weighted by Gasteiger charge is 2.31. The third-order valence-electron chi connectivity index (χ3n) is 4.20. The number of fused-ring (bicyclic) bond motifs is 1. The zero-order valence-corrected chi connectivity index (χ0v) is 11.9. The summed E-state index contributed by atoms with van der Waals surface area (Å²) in [6.45, 7) is 4.37. The van der Waals surface area contributed by atoms with Crippen LogP contribution >= 0.6 is 0 Å². The number of piperidine rings is 1. The smallest absolute Gasteiger partial charge is 0.256 e. The number of nitrogen functional groups attached to an aromatic ring is 1. The lowest BCUT2D eigenvalue weighted by molar-refractivity contribution is 0.0511. The van der Waals surface area contributed by atoms with Gasteiger partial charge in [-0.1, -0.05) is 0 Å². The van der Waals surface area contributed by atoms with Gasteiger partial charge in [0.1, 0.15) is 0 Å². The third kappa shape index (κ3) is 2.07. The molecule has 2 atom stereocenters. The van der Waals surface area contributed by atoms with Crippen molar-refractivity contribution < 1.29 is 14.3 Å². The van der Waals surface area contributed by atoms with E-state index in [2.05, 4.69) is 13.8 Å². The molecule has 0 aromatic heterocycles. The fraction of sp³-hybridized carbons (Fsp3) is 0.533. The highest BCUT2D eigenvalue weighted by molar-refractivity contribution is 6.00. The highest BCUT2D eigenvalue weighted by atomic mass is 16.7. The van der Waals surface area contributed by atoms with Crippen LogP contribution in [0.2, 0.25) is 0 Å². The van der Waals surface area contributed by atoms with E-state index in [1.807, 2.05) is 4.90 Å². The summed E-state index contributed by atoms with van der Waals surface area (Å²) in [7, 11) is 0. The second kappa shape index (κ2) is 4.89. The zero-order chi connectivity index (χ0) is 14.3. The Kier molecular flexibility index (Phi) is 3.20. The number of anilines is 1. The topological polar surface area (TPSA) is 64.8 Å². The summed E-state index contributed by atoms with van der Waals surface area (Å²) in [5.74, 6) is 1.19. The summed E-state index contributed by atoms with van der Waals surface area (Å²) in [5.41, 5.74) is 6.97. The Morgan fingerprint density at radius 3 is 2.45 bits per heavy atom. The fourth-order valence-corrected chi connectivity index (χ4v) is 3.10. The Labute approximate surface area is 118 Å². The van der Waals surface area contributed by atoms with Crippen LogP contribution in [0.15, 0.2) is 12.1 Å². The average Bonchev–Trinajstić information content (AvgIpc) is 2.84. The summed E-state index contributed by atoms with van der Waals surface area (Å²) >= 11 is 0. The average molecular weight is 276 g/mol. The van der Waals surface area contributed by atoms with Gasteiger partial charge in [0.2, 0.25) is 6.79 Å². The second-order valence-electron chi connectivity index (χ2n) is 5.63. The van der Waals surface area contributed by atoms with Gasteiger partial charge in [0.05, 0.1) is 5.56 Å². The van der Waals surface area contributed by atoms with E-state index in [0.717, 1.165) is 12.8 Å². The van der Waals surface area contributed by atoms with Crippen LogP contribution in [0.5, 0.6) is 11.5 Å². The van der Waals surface area contributed by atoms with Gasteiger partial charge in [0.15, 0.2) is 11.5 Å². The van der Waals surface area contributed by atoms with E-state index in [9.17, 15) is 4.79 Å². The number of hydrogen-bond acceptors (Lipinski definition) is 4.